The van der Waals surface area contributed by atoms with E-state index in [-0.39, 0.29) is 11.1 Å². The minimum Gasteiger partial charge on any atom is -0.394 e. The Morgan fingerprint density at radius 1 is 1.07 bits per heavy atom. The molecule has 27 heavy (non-hydrogen) atoms. The number of thiocarbonyl (C=S) groups is 1. The van der Waals surface area contributed by atoms with Gasteiger partial charge in [-0.15, -0.1) is 0 Å². The number of hydrogen-bond acceptors (Lipinski definition) is 8. The van der Waals surface area contributed by atoms with Gasteiger partial charge in [0.1, 0.15) is 23.5 Å². The lowest BCUT2D eigenvalue weighted by molar-refractivity contribution is -0.165. The van der Waals surface area contributed by atoms with Gasteiger partial charge in [-0.2, -0.15) is 0 Å². The predicted molar refractivity (Wildman–Crippen MR) is 100 cm³/mol. The van der Waals surface area contributed by atoms with Gasteiger partial charge >= 0.3 is 0 Å². The van der Waals surface area contributed by atoms with E-state index in [0.717, 1.165) is 0 Å². The van der Waals surface area contributed by atoms with Crippen LogP contribution in [0.3, 0.4) is 0 Å². The van der Waals surface area contributed by atoms with E-state index in [1.165, 1.54) is 24.3 Å². The van der Waals surface area contributed by atoms with Crippen LogP contribution in [0.15, 0.2) is 65.8 Å². The topological polar surface area (TPSA) is 120 Å². The third-order valence-corrected chi connectivity index (χ3v) is 4.20. The molecule has 0 amide bonds. The molecule has 0 saturated carbocycles. The van der Waals surface area contributed by atoms with Crippen molar-refractivity contribution in [3.05, 3.63) is 71.8 Å². The van der Waals surface area contributed by atoms with E-state index in [4.69, 9.17) is 9.94 Å². The number of nitrogens with zero attached hydrogens (tertiary/aromatic N) is 1. The Labute approximate surface area is 161 Å². The lowest BCUT2D eigenvalue weighted by Crippen LogP contribution is -2.56. The SMILES string of the molecule is O=C(c1ccccc1)[C@](ON=C=S)(c1ccccc1)[C@@H](O)[C@H](O)[C@H](O)CO. The van der Waals surface area contributed by atoms with E-state index in [0.29, 0.717) is 0 Å². The zero-order chi connectivity index (χ0) is 19.9. The molecule has 4 N–H and O–H groups in total. The minimum absolute atomic E-state index is 0.171. The fraction of sp³-hybridized carbons (Fsp3) is 0.263. The predicted octanol–water partition coefficient (Wildman–Crippen LogP) is 0.874. The van der Waals surface area contributed by atoms with Gasteiger partial charge in [-0.3, -0.25) is 4.79 Å². The Morgan fingerprint density at radius 3 is 2.15 bits per heavy atom. The monoisotopic (exact) mass is 389 g/mol. The molecule has 0 heterocycles. The summed E-state index contributed by atoms with van der Waals surface area (Å²) in [5.74, 6) is -0.722. The van der Waals surface area contributed by atoms with Crippen LogP contribution in [-0.4, -0.2) is 56.3 Å². The van der Waals surface area contributed by atoms with Crippen LogP contribution in [0.5, 0.6) is 0 Å². The molecule has 0 saturated heterocycles. The first kappa shape index (κ1) is 20.9. The van der Waals surface area contributed by atoms with Gasteiger partial charge < -0.3 is 25.3 Å². The Hall–Kier alpha value is -2.45. The highest BCUT2D eigenvalue weighted by Gasteiger charge is 2.54. The molecular formula is C19H19NO6S. The normalized spacial score (nSPS) is 16.3. The van der Waals surface area contributed by atoms with E-state index in [9.17, 15) is 20.1 Å². The third kappa shape index (κ3) is 4.28. The van der Waals surface area contributed by atoms with Crippen molar-refractivity contribution in [3.8, 4) is 0 Å². The molecule has 142 valence electrons. The Morgan fingerprint density at radius 2 is 1.63 bits per heavy atom. The van der Waals surface area contributed by atoms with Crippen LogP contribution in [0, 0.1) is 0 Å². The number of aliphatic hydroxyl groups is 4. The summed E-state index contributed by atoms with van der Waals surface area (Å²) < 4.78 is 0. The van der Waals surface area contributed by atoms with Crippen molar-refractivity contribution < 1.29 is 30.1 Å². The second-order valence-corrected chi connectivity index (χ2v) is 5.94. The number of isothiocyanates is 1. The maximum Gasteiger partial charge on any atom is 0.253 e. The van der Waals surface area contributed by atoms with Gasteiger partial charge in [-0.1, -0.05) is 60.7 Å². The lowest BCUT2D eigenvalue weighted by Gasteiger charge is -2.37. The van der Waals surface area contributed by atoms with Crippen LogP contribution < -0.4 is 0 Å². The molecule has 8 heteroatoms. The molecule has 0 aliphatic rings. The largest absolute Gasteiger partial charge is 0.394 e. The molecule has 2 aromatic rings. The first-order valence-electron chi connectivity index (χ1n) is 8.04. The highest BCUT2D eigenvalue weighted by Crippen LogP contribution is 2.36. The molecule has 4 atom stereocenters. The summed E-state index contributed by atoms with van der Waals surface area (Å²) in [6.45, 7) is -0.834. The van der Waals surface area contributed by atoms with E-state index >= 15 is 0 Å². The van der Waals surface area contributed by atoms with Crippen molar-refractivity contribution in [1.29, 1.82) is 0 Å². The van der Waals surface area contributed by atoms with Crippen LogP contribution in [0.4, 0.5) is 0 Å². The number of carbonyl (C=O) groups excluding carboxylic acids is 1. The first-order valence-corrected chi connectivity index (χ1v) is 8.45. The fourth-order valence-electron chi connectivity index (χ4n) is 2.72. The Balaban J connectivity index is 2.70. The summed E-state index contributed by atoms with van der Waals surface area (Å²) in [6.07, 6.45) is -5.61. The minimum atomic E-state index is -2.23. The first-order chi connectivity index (χ1) is 13.0. The molecule has 2 aromatic carbocycles. The molecule has 0 bridgehead atoms. The number of carbonyl (C=O) groups is 1. The Kier molecular flexibility index (Phi) is 7.32. The molecule has 2 rings (SSSR count). The number of benzene rings is 2. The molecule has 0 unspecified atom stereocenters. The quantitative estimate of drug-likeness (QED) is 0.217. The van der Waals surface area contributed by atoms with Gasteiger partial charge in [-0.25, -0.2) is 0 Å². The van der Waals surface area contributed by atoms with Crippen molar-refractivity contribution >= 4 is 23.2 Å². The summed E-state index contributed by atoms with van der Waals surface area (Å²) in [5.41, 5.74) is -1.89. The number of aliphatic hydroxyl groups excluding tert-OH is 4. The van der Waals surface area contributed by atoms with Crippen molar-refractivity contribution in [2.45, 2.75) is 23.9 Å². The molecular weight excluding hydrogens is 370 g/mol. The summed E-state index contributed by atoms with van der Waals surface area (Å²) >= 11 is 4.51. The van der Waals surface area contributed by atoms with E-state index in [2.05, 4.69) is 17.4 Å². The van der Waals surface area contributed by atoms with Crippen LogP contribution in [0.2, 0.25) is 0 Å². The number of ketones is 1. The van der Waals surface area contributed by atoms with Crippen molar-refractivity contribution in [2.75, 3.05) is 6.61 Å². The second-order valence-electron chi connectivity index (χ2n) is 5.76. The zero-order valence-corrected chi connectivity index (χ0v) is 15.0. The smallest absolute Gasteiger partial charge is 0.253 e. The average Bonchev–Trinajstić information content (AvgIpc) is 2.74. The van der Waals surface area contributed by atoms with Crippen LogP contribution in [0.1, 0.15) is 15.9 Å². The highest BCUT2D eigenvalue weighted by molar-refractivity contribution is 7.78. The zero-order valence-electron chi connectivity index (χ0n) is 14.2. The molecule has 7 nitrogen and oxygen atoms in total. The van der Waals surface area contributed by atoms with Gasteiger partial charge in [0.25, 0.3) is 5.60 Å². The molecule has 0 aromatic heterocycles. The maximum absolute atomic E-state index is 13.4. The molecule has 0 fully saturated rings. The van der Waals surface area contributed by atoms with Gasteiger partial charge in [0.15, 0.2) is 0 Å². The second kappa shape index (κ2) is 9.48. The molecule has 0 radical (unpaired) electrons. The lowest BCUT2D eigenvalue weighted by atomic mass is 9.78. The van der Waals surface area contributed by atoms with Crippen LogP contribution in [-0.2, 0) is 10.4 Å². The van der Waals surface area contributed by atoms with Gasteiger partial charge in [0.05, 0.1) is 6.61 Å². The van der Waals surface area contributed by atoms with E-state index < -0.39 is 36.3 Å². The van der Waals surface area contributed by atoms with Crippen LogP contribution >= 0.6 is 12.2 Å². The van der Waals surface area contributed by atoms with Gasteiger partial charge in [0, 0.05) is 11.1 Å². The molecule has 0 aliphatic carbocycles. The van der Waals surface area contributed by atoms with E-state index in [1.54, 1.807) is 36.4 Å². The van der Waals surface area contributed by atoms with Crippen molar-refractivity contribution in [2.24, 2.45) is 5.16 Å². The van der Waals surface area contributed by atoms with E-state index in [1.807, 2.05) is 5.16 Å². The fourth-order valence-corrected chi connectivity index (χ4v) is 2.76. The summed E-state index contributed by atoms with van der Waals surface area (Å²) in [5, 5.41) is 45.4. The Bertz CT molecular complexity index is 796. The summed E-state index contributed by atoms with van der Waals surface area (Å²) in [7, 11) is 0. The maximum atomic E-state index is 13.4. The number of hydrogen-bond donors (Lipinski definition) is 4. The highest BCUT2D eigenvalue weighted by atomic mass is 32.1. The van der Waals surface area contributed by atoms with Crippen molar-refractivity contribution in [1.82, 2.24) is 0 Å². The standard InChI is InChI=1S/C19H19NO6S/c21-11-15(22)16(23)18(25)19(26-20-12-27,14-9-5-2-6-10-14)17(24)13-7-3-1-4-8-13/h1-10,15-16,18,21-23,25H,11H2/t15-,16-,18+,19-/m1/s1. The number of Topliss-reactive ketones (excluding diaryl/α,β-unsaturated/α-hetero) is 1. The summed E-state index contributed by atoms with van der Waals surface area (Å²) in [6, 6.07) is 15.9. The molecule has 0 spiro atoms. The van der Waals surface area contributed by atoms with Gasteiger partial charge in [-0.05, 0) is 17.4 Å². The average molecular weight is 389 g/mol. The summed E-state index contributed by atoms with van der Waals surface area (Å²) in [4.78, 5) is 18.7. The number of rotatable bonds is 9. The van der Waals surface area contributed by atoms with Crippen molar-refractivity contribution in [3.63, 3.8) is 0 Å². The third-order valence-electron chi connectivity index (χ3n) is 4.12. The van der Waals surface area contributed by atoms with Gasteiger partial charge in [0.2, 0.25) is 5.78 Å². The molecule has 0 aliphatic heterocycles. The van der Waals surface area contributed by atoms with Crippen LogP contribution in [0.25, 0.3) is 0 Å².